The van der Waals surface area contributed by atoms with Crippen LogP contribution in [-0.2, 0) is 16.2 Å². The SMILES string of the molecule is NS(=O)(=O)c1ccc(Nc2ncc(C(F)(F)F)c(O[C@@H]3CCC(F)(F)C[C@@H]3O)n2)c(F)c1. The van der Waals surface area contributed by atoms with Crippen LogP contribution in [0.1, 0.15) is 24.8 Å². The summed E-state index contributed by atoms with van der Waals surface area (Å²) >= 11 is 0. The number of nitrogens with zero attached hydrogens (tertiary/aromatic N) is 2. The summed E-state index contributed by atoms with van der Waals surface area (Å²) in [6, 6.07) is 2.47. The van der Waals surface area contributed by atoms with Gasteiger partial charge in [-0.2, -0.15) is 18.2 Å². The number of rotatable bonds is 5. The fraction of sp³-hybridized carbons (Fsp3) is 0.412. The molecule has 0 spiro atoms. The lowest BCUT2D eigenvalue weighted by Crippen LogP contribution is -2.43. The van der Waals surface area contributed by atoms with E-state index in [0.29, 0.717) is 12.3 Å². The minimum atomic E-state index is -4.97. The second-order valence-corrected chi connectivity index (χ2v) is 8.61. The molecule has 2 atom stereocenters. The van der Waals surface area contributed by atoms with E-state index in [1.165, 1.54) is 0 Å². The van der Waals surface area contributed by atoms with Crippen molar-refractivity contribution in [3.63, 3.8) is 0 Å². The van der Waals surface area contributed by atoms with Crippen LogP contribution >= 0.6 is 0 Å². The summed E-state index contributed by atoms with van der Waals surface area (Å²) in [6.07, 6.45) is -9.88. The maximum Gasteiger partial charge on any atom is 0.423 e. The van der Waals surface area contributed by atoms with Gasteiger partial charge < -0.3 is 15.2 Å². The molecule has 3 rings (SSSR count). The van der Waals surface area contributed by atoms with Crippen LogP contribution in [0.4, 0.5) is 38.0 Å². The summed E-state index contributed by atoms with van der Waals surface area (Å²) in [5, 5.41) is 17.0. The summed E-state index contributed by atoms with van der Waals surface area (Å²) < 4.78 is 108. The molecule has 1 aliphatic carbocycles. The van der Waals surface area contributed by atoms with Crippen molar-refractivity contribution >= 4 is 21.7 Å². The summed E-state index contributed by atoms with van der Waals surface area (Å²) in [5.74, 6) is -5.91. The maximum absolute atomic E-state index is 14.2. The van der Waals surface area contributed by atoms with Crippen LogP contribution in [0.15, 0.2) is 29.3 Å². The van der Waals surface area contributed by atoms with E-state index < -0.39 is 81.7 Å². The van der Waals surface area contributed by atoms with Crippen molar-refractivity contribution in [1.82, 2.24) is 9.97 Å². The molecule has 176 valence electrons. The number of anilines is 2. The van der Waals surface area contributed by atoms with Gasteiger partial charge in [-0.05, 0) is 24.6 Å². The zero-order valence-corrected chi connectivity index (χ0v) is 16.7. The lowest BCUT2D eigenvalue weighted by atomic mass is 9.91. The molecule has 1 saturated carbocycles. The standard InChI is InChI=1S/C17H16F6N4O4S/c18-10-5-8(32(24,29)30)1-2-11(10)26-15-25-7-9(17(21,22)23)14(27-15)31-13-3-4-16(19,20)6-12(13)28/h1-2,5,7,12-13,28H,3-4,6H2,(H2,24,29,30)(H,25,26,27)/t12-,13+/m0/s1. The first-order valence-electron chi connectivity index (χ1n) is 8.92. The number of aliphatic hydroxyl groups is 1. The highest BCUT2D eigenvalue weighted by molar-refractivity contribution is 7.89. The maximum atomic E-state index is 14.2. The third-order valence-electron chi connectivity index (χ3n) is 4.57. The van der Waals surface area contributed by atoms with Gasteiger partial charge in [0.15, 0.2) is 0 Å². The van der Waals surface area contributed by atoms with Gasteiger partial charge in [-0.15, -0.1) is 0 Å². The number of sulfonamides is 1. The monoisotopic (exact) mass is 486 g/mol. The molecule has 4 N–H and O–H groups in total. The number of primary sulfonamides is 1. The molecule has 0 bridgehead atoms. The number of halogens is 6. The van der Waals surface area contributed by atoms with Crippen molar-refractivity contribution in [2.75, 3.05) is 5.32 Å². The number of alkyl halides is 5. The van der Waals surface area contributed by atoms with E-state index >= 15 is 0 Å². The van der Waals surface area contributed by atoms with Gasteiger partial charge in [0.2, 0.25) is 21.9 Å². The largest absolute Gasteiger partial charge is 0.471 e. The predicted molar refractivity (Wildman–Crippen MR) is 97.3 cm³/mol. The Labute approximate surface area is 177 Å². The second kappa shape index (κ2) is 8.37. The van der Waals surface area contributed by atoms with Crippen molar-refractivity contribution in [3.8, 4) is 5.88 Å². The van der Waals surface area contributed by atoms with E-state index in [1.807, 2.05) is 0 Å². The molecule has 32 heavy (non-hydrogen) atoms. The molecular formula is C17H16F6N4O4S. The fourth-order valence-corrected chi connectivity index (χ4v) is 3.50. The highest BCUT2D eigenvalue weighted by atomic mass is 32.2. The molecule has 15 heteroatoms. The van der Waals surface area contributed by atoms with Gasteiger partial charge in [0, 0.05) is 19.0 Å². The average Bonchev–Trinajstić information content (AvgIpc) is 2.63. The Bertz CT molecular complexity index is 1110. The number of aliphatic hydroxyl groups excluding tert-OH is 1. The predicted octanol–water partition coefficient (Wildman–Crippen LogP) is 2.95. The molecule has 1 fully saturated rings. The first-order chi connectivity index (χ1) is 14.7. The zero-order valence-electron chi connectivity index (χ0n) is 15.9. The van der Waals surface area contributed by atoms with E-state index in [1.54, 1.807) is 0 Å². The van der Waals surface area contributed by atoms with Crippen LogP contribution in [0.2, 0.25) is 0 Å². The highest BCUT2D eigenvalue weighted by Crippen LogP contribution is 2.39. The van der Waals surface area contributed by atoms with Gasteiger partial charge in [0.05, 0.1) is 16.7 Å². The minimum Gasteiger partial charge on any atom is -0.471 e. The normalized spacial score (nSPS) is 21.2. The fourth-order valence-electron chi connectivity index (χ4n) is 2.97. The topological polar surface area (TPSA) is 127 Å². The van der Waals surface area contributed by atoms with Crippen molar-refractivity contribution in [1.29, 1.82) is 0 Å². The number of hydrogen-bond acceptors (Lipinski definition) is 7. The first-order valence-corrected chi connectivity index (χ1v) is 10.5. The average molecular weight is 486 g/mol. The molecule has 1 aromatic carbocycles. The first kappa shape index (κ1) is 24.0. The molecule has 0 aliphatic heterocycles. The summed E-state index contributed by atoms with van der Waals surface area (Å²) in [5.41, 5.74) is -1.82. The van der Waals surface area contributed by atoms with Gasteiger partial charge in [0.1, 0.15) is 17.5 Å². The van der Waals surface area contributed by atoms with Gasteiger partial charge in [0.25, 0.3) is 5.92 Å². The Hall–Kier alpha value is -2.65. The molecule has 0 saturated heterocycles. The molecule has 8 nitrogen and oxygen atoms in total. The molecule has 1 heterocycles. The van der Waals surface area contributed by atoms with Gasteiger partial charge >= 0.3 is 6.18 Å². The lowest BCUT2D eigenvalue weighted by molar-refractivity contribution is -0.143. The third kappa shape index (κ3) is 5.58. The number of nitrogens with two attached hydrogens (primary N) is 1. The second-order valence-electron chi connectivity index (χ2n) is 7.04. The molecule has 1 aliphatic rings. The molecule has 0 radical (unpaired) electrons. The van der Waals surface area contributed by atoms with Crippen LogP contribution in [0.25, 0.3) is 0 Å². The minimum absolute atomic E-state index is 0.338. The van der Waals surface area contributed by atoms with E-state index in [-0.39, 0.29) is 5.69 Å². The third-order valence-corrected chi connectivity index (χ3v) is 5.48. The molecule has 0 unspecified atom stereocenters. The Morgan fingerprint density at radius 2 is 1.97 bits per heavy atom. The van der Waals surface area contributed by atoms with E-state index in [0.717, 1.165) is 12.1 Å². The zero-order chi connectivity index (χ0) is 23.9. The smallest absolute Gasteiger partial charge is 0.423 e. The number of aromatic nitrogens is 2. The summed E-state index contributed by atoms with van der Waals surface area (Å²) in [7, 11) is -4.19. The summed E-state index contributed by atoms with van der Waals surface area (Å²) in [6.45, 7) is 0. The van der Waals surface area contributed by atoms with Crippen LogP contribution in [0.3, 0.4) is 0 Å². The molecule has 2 aromatic rings. The van der Waals surface area contributed by atoms with Crippen molar-refractivity contribution < 1.29 is 44.6 Å². The van der Waals surface area contributed by atoms with E-state index in [2.05, 4.69) is 15.3 Å². The Morgan fingerprint density at radius 1 is 1.28 bits per heavy atom. The number of hydrogen-bond donors (Lipinski definition) is 3. The number of benzene rings is 1. The van der Waals surface area contributed by atoms with Gasteiger partial charge in [-0.25, -0.2) is 31.7 Å². The Balaban J connectivity index is 1.89. The van der Waals surface area contributed by atoms with Gasteiger partial charge in [-0.1, -0.05) is 0 Å². The van der Waals surface area contributed by atoms with Crippen LogP contribution < -0.4 is 15.2 Å². The van der Waals surface area contributed by atoms with Crippen LogP contribution in [-0.4, -0.2) is 41.6 Å². The van der Waals surface area contributed by atoms with E-state index in [9.17, 15) is 39.9 Å². The Morgan fingerprint density at radius 3 is 2.53 bits per heavy atom. The summed E-state index contributed by atoms with van der Waals surface area (Å²) in [4.78, 5) is 6.43. The quantitative estimate of drug-likeness (QED) is 0.555. The molecule has 1 aromatic heterocycles. The van der Waals surface area contributed by atoms with Crippen molar-refractivity contribution in [2.45, 2.75) is 48.5 Å². The van der Waals surface area contributed by atoms with Crippen molar-refractivity contribution in [2.24, 2.45) is 5.14 Å². The van der Waals surface area contributed by atoms with E-state index in [4.69, 9.17) is 9.88 Å². The van der Waals surface area contributed by atoms with Crippen LogP contribution in [0.5, 0.6) is 5.88 Å². The molecular weight excluding hydrogens is 470 g/mol. The van der Waals surface area contributed by atoms with Gasteiger partial charge in [-0.3, -0.25) is 0 Å². The number of ether oxygens (including phenoxy) is 1. The lowest BCUT2D eigenvalue weighted by Gasteiger charge is -2.33. The highest BCUT2D eigenvalue weighted by Gasteiger charge is 2.43. The number of nitrogens with one attached hydrogen (secondary N) is 1. The van der Waals surface area contributed by atoms with Crippen LogP contribution in [0, 0.1) is 5.82 Å². The molecule has 0 amide bonds. The van der Waals surface area contributed by atoms with Crippen molar-refractivity contribution in [3.05, 3.63) is 35.8 Å². The Kier molecular flexibility index (Phi) is 6.27.